The van der Waals surface area contributed by atoms with Gasteiger partial charge >= 0.3 is 0 Å². The molecule has 0 unspecified atom stereocenters. The number of amides is 2. The summed E-state index contributed by atoms with van der Waals surface area (Å²) in [5.74, 6) is -0.332. The van der Waals surface area contributed by atoms with E-state index in [2.05, 4.69) is 10.3 Å². The third kappa shape index (κ3) is 3.36. The number of nitrogens with zero attached hydrogens (tertiary/aromatic N) is 6. The molecule has 27 heavy (non-hydrogen) atoms. The van der Waals surface area contributed by atoms with Crippen LogP contribution in [0.15, 0.2) is 23.1 Å². The summed E-state index contributed by atoms with van der Waals surface area (Å²) in [5.41, 5.74) is 1.27. The summed E-state index contributed by atoms with van der Waals surface area (Å²) in [7, 11) is 1.68. The lowest BCUT2D eigenvalue weighted by Gasteiger charge is -2.34. The number of pyridine rings is 1. The summed E-state index contributed by atoms with van der Waals surface area (Å²) in [6, 6.07) is 3.47. The zero-order chi connectivity index (χ0) is 19.1. The van der Waals surface area contributed by atoms with E-state index >= 15 is 0 Å². The summed E-state index contributed by atoms with van der Waals surface area (Å²) in [6.07, 6.45) is 3.87. The van der Waals surface area contributed by atoms with Crippen LogP contribution >= 0.6 is 0 Å². The molecular weight excluding hydrogens is 348 g/mol. The van der Waals surface area contributed by atoms with Crippen molar-refractivity contribution in [2.75, 3.05) is 26.2 Å². The Bertz CT molecular complexity index is 950. The van der Waals surface area contributed by atoms with Crippen LogP contribution in [-0.4, -0.2) is 67.4 Å². The minimum Gasteiger partial charge on any atom is -0.335 e. The van der Waals surface area contributed by atoms with Crippen LogP contribution in [0.4, 0.5) is 0 Å². The Labute approximate surface area is 156 Å². The number of rotatable bonds is 3. The van der Waals surface area contributed by atoms with Crippen LogP contribution < -0.4 is 5.56 Å². The maximum absolute atomic E-state index is 12.7. The van der Waals surface area contributed by atoms with Crippen LogP contribution in [0, 0.1) is 6.92 Å². The third-order valence-corrected chi connectivity index (χ3v) is 5.25. The molecule has 0 aromatic carbocycles. The van der Waals surface area contributed by atoms with Crippen molar-refractivity contribution in [3.05, 3.63) is 45.6 Å². The molecule has 0 bridgehead atoms. The molecule has 2 aromatic heterocycles. The molecule has 9 nitrogen and oxygen atoms in total. The fourth-order valence-electron chi connectivity index (χ4n) is 3.24. The molecule has 0 N–H and O–H groups in total. The zero-order valence-electron chi connectivity index (χ0n) is 15.5. The molecule has 2 aromatic rings. The highest BCUT2D eigenvalue weighted by molar-refractivity contribution is 5.95. The van der Waals surface area contributed by atoms with Crippen LogP contribution in [0.3, 0.4) is 0 Å². The van der Waals surface area contributed by atoms with E-state index in [1.807, 2.05) is 0 Å². The van der Waals surface area contributed by atoms with Gasteiger partial charge in [0, 0.05) is 50.6 Å². The average molecular weight is 370 g/mol. The first-order chi connectivity index (χ1) is 12.9. The highest BCUT2D eigenvalue weighted by atomic mass is 16.2. The van der Waals surface area contributed by atoms with E-state index < -0.39 is 0 Å². The molecule has 142 valence electrons. The van der Waals surface area contributed by atoms with Gasteiger partial charge < -0.3 is 14.4 Å². The maximum Gasteiger partial charge on any atom is 0.276 e. The lowest BCUT2D eigenvalue weighted by molar-refractivity contribution is 0.0532. The largest absolute Gasteiger partial charge is 0.335 e. The number of aromatic nitrogens is 4. The number of carbonyl (C=O) groups is 2. The van der Waals surface area contributed by atoms with Gasteiger partial charge in [-0.1, -0.05) is 5.21 Å². The minimum atomic E-state index is -0.203. The Hall–Kier alpha value is -2.97. The van der Waals surface area contributed by atoms with Gasteiger partial charge in [-0.3, -0.25) is 14.4 Å². The van der Waals surface area contributed by atoms with Crippen molar-refractivity contribution in [3.63, 3.8) is 0 Å². The van der Waals surface area contributed by atoms with Gasteiger partial charge in [-0.25, -0.2) is 4.68 Å². The smallest absolute Gasteiger partial charge is 0.276 e. The molecule has 1 saturated carbocycles. The third-order valence-electron chi connectivity index (χ3n) is 5.25. The van der Waals surface area contributed by atoms with E-state index in [-0.39, 0.29) is 17.4 Å². The molecule has 0 atom stereocenters. The number of piperazine rings is 1. The molecule has 2 fully saturated rings. The van der Waals surface area contributed by atoms with Gasteiger partial charge in [-0.05, 0) is 25.8 Å². The number of carbonyl (C=O) groups excluding carboxylic acids is 2. The first kappa shape index (κ1) is 17.4. The Kier molecular flexibility index (Phi) is 4.29. The Balaban J connectivity index is 1.40. The zero-order valence-corrected chi connectivity index (χ0v) is 15.5. The Morgan fingerprint density at radius 1 is 1.04 bits per heavy atom. The summed E-state index contributed by atoms with van der Waals surface area (Å²) in [4.78, 5) is 40.6. The molecular formula is C18H22N6O3. The summed E-state index contributed by atoms with van der Waals surface area (Å²) in [5, 5.41) is 8.01. The van der Waals surface area contributed by atoms with Gasteiger partial charge in [0.25, 0.3) is 17.4 Å². The number of hydrogen-bond acceptors (Lipinski definition) is 5. The number of aryl methyl sites for hydroxylation is 1. The highest BCUT2D eigenvalue weighted by Gasteiger charge is 2.29. The average Bonchev–Trinajstić information content (AvgIpc) is 3.41. The van der Waals surface area contributed by atoms with Crippen LogP contribution in [0.25, 0.3) is 0 Å². The lowest BCUT2D eigenvalue weighted by Crippen LogP contribution is -2.50. The first-order valence-electron chi connectivity index (χ1n) is 9.12. The second-order valence-electron chi connectivity index (χ2n) is 7.18. The van der Waals surface area contributed by atoms with Gasteiger partial charge in [0.1, 0.15) is 0 Å². The van der Waals surface area contributed by atoms with Crippen LogP contribution in [0.1, 0.15) is 45.4 Å². The van der Waals surface area contributed by atoms with Crippen LogP contribution in [0.2, 0.25) is 0 Å². The molecule has 1 aliphatic heterocycles. The Morgan fingerprint density at radius 3 is 2.26 bits per heavy atom. The molecule has 9 heteroatoms. The quantitative estimate of drug-likeness (QED) is 0.770. The van der Waals surface area contributed by atoms with E-state index in [4.69, 9.17) is 0 Å². The summed E-state index contributed by atoms with van der Waals surface area (Å²) in [6.45, 7) is 3.52. The summed E-state index contributed by atoms with van der Waals surface area (Å²) >= 11 is 0. The minimum absolute atomic E-state index is 0.154. The lowest BCUT2D eigenvalue weighted by atomic mass is 10.1. The van der Waals surface area contributed by atoms with Crippen molar-refractivity contribution >= 4 is 11.8 Å². The van der Waals surface area contributed by atoms with Gasteiger partial charge in [0.2, 0.25) is 0 Å². The summed E-state index contributed by atoms with van der Waals surface area (Å²) < 4.78 is 3.26. The van der Waals surface area contributed by atoms with Gasteiger partial charge in [0.15, 0.2) is 5.69 Å². The van der Waals surface area contributed by atoms with Gasteiger partial charge in [-0.2, -0.15) is 0 Å². The number of hydrogen-bond donors (Lipinski definition) is 0. The second kappa shape index (κ2) is 6.64. The molecule has 1 aliphatic carbocycles. The fourth-order valence-corrected chi connectivity index (χ4v) is 3.24. The van der Waals surface area contributed by atoms with Crippen molar-refractivity contribution in [1.82, 2.24) is 29.4 Å². The van der Waals surface area contributed by atoms with E-state index in [0.29, 0.717) is 43.5 Å². The van der Waals surface area contributed by atoms with Crippen molar-refractivity contribution in [1.29, 1.82) is 0 Å². The van der Waals surface area contributed by atoms with Gasteiger partial charge in [0.05, 0.1) is 12.2 Å². The Morgan fingerprint density at radius 2 is 1.67 bits per heavy atom. The maximum atomic E-state index is 12.7. The molecule has 0 spiro atoms. The molecule has 4 rings (SSSR count). The van der Waals surface area contributed by atoms with Crippen molar-refractivity contribution in [2.24, 2.45) is 7.05 Å². The normalized spacial score (nSPS) is 17.3. The van der Waals surface area contributed by atoms with E-state index in [0.717, 1.165) is 18.5 Å². The van der Waals surface area contributed by atoms with Gasteiger partial charge in [-0.15, -0.1) is 5.10 Å². The van der Waals surface area contributed by atoms with E-state index in [9.17, 15) is 14.4 Å². The topological polar surface area (TPSA) is 93.3 Å². The second-order valence-corrected chi connectivity index (χ2v) is 7.18. The van der Waals surface area contributed by atoms with Crippen molar-refractivity contribution in [2.45, 2.75) is 25.8 Å². The van der Waals surface area contributed by atoms with Crippen LogP contribution in [0.5, 0.6) is 0 Å². The van der Waals surface area contributed by atoms with Crippen molar-refractivity contribution in [3.8, 4) is 0 Å². The monoisotopic (exact) mass is 370 g/mol. The van der Waals surface area contributed by atoms with Crippen LogP contribution in [-0.2, 0) is 7.05 Å². The van der Waals surface area contributed by atoms with E-state index in [1.165, 1.54) is 10.6 Å². The molecule has 2 amide bonds. The molecule has 2 aliphatic rings. The van der Waals surface area contributed by atoms with Crippen molar-refractivity contribution < 1.29 is 9.59 Å². The SMILES string of the molecule is Cc1cc(C(=O)N2CCN(C(=O)c3cn(C4CC4)nn3)CC2)cc(=O)n1C. The molecule has 0 radical (unpaired) electrons. The van der Waals surface area contributed by atoms with E-state index in [1.54, 1.807) is 40.7 Å². The first-order valence-corrected chi connectivity index (χ1v) is 9.12. The predicted molar refractivity (Wildman–Crippen MR) is 96.5 cm³/mol. The molecule has 1 saturated heterocycles. The highest BCUT2D eigenvalue weighted by Crippen LogP contribution is 2.33. The standard InChI is InChI=1S/C18H22N6O3/c1-12-9-13(10-16(25)21(12)2)17(26)22-5-7-23(8-6-22)18(27)15-11-24(20-19-15)14-3-4-14/h9-11,14H,3-8H2,1-2H3. The fraction of sp³-hybridized carbons (Fsp3) is 0.500. The predicted octanol–water partition coefficient (Wildman–Crippen LogP) is 0.218. The molecule has 3 heterocycles.